The van der Waals surface area contributed by atoms with E-state index in [9.17, 15) is 0 Å². The Morgan fingerprint density at radius 3 is 2.47 bits per heavy atom. The Labute approximate surface area is 190 Å². The third kappa shape index (κ3) is 5.33. The van der Waals surface area contributed by atoms with Crippen LogP contribution in [0.3, 0.4) is 0 Å². The Morgan fingerprint density at radius 2 is 1.78 bits per heavy atom. The molecule has 0 atom stereocenters. The molecule has 2 aromatic rings. The first-order chi connectivity index (χ1) is 15.8. The first-order valence-electron chi connectivity index (χ1n) is 12.2. The van der Waals surface area contributed by atoms with Crippen LogP contribution in [0.4, 0.5) is 17.3 Å². The number of rotatable bonds is 8. The lowest BCUT2D eigenvalue weighted by molar-refractivity contribution is 0.122. The Balaban J connectivity index is 1.22. The summed E-state index contributed by atoms with van der Waals surface area (Å²) in [7, 11) is 2.06. The number of morpholine rings is 1. The third-order valence-electron chi connectivity index (χ3n) is 7.01. The highest BCUT2D eigenvalue weighted by atomic mass is 16.5. The minimum Gasteiger partial charge on any atom is -0.477 e. The molecule has 5 rings (SSSR count). The van der Waals surface area contributed by atoms with E-state index >= 15 is 0 Å². The van der Waals surface area contributed by atoms with Crippen molar-refractivity contribution in [2.45, 2.75) is 50.5 Å². The third-order valence-corrected chi connectivity index (χ3v) is 7.01. The van der Waals surface area contributed by atoms with Crippen molar-refractivity contribution in [3.05, 3.63) is 36.0 Å². The molecule has 2 saturated carbocycles. The SMILES string of the molecule is CN[C@H]1CC[C@H](COc2nc(Nc3ccc(N4CCOCC4)cc3)ncc2C2CC2)CC1. The number of hydrogen-bond acceptors (Lipinski definition) is 7. The predicted molar refractivity (Wildman–Crippen MR) is 127 cm³/mol. The van der Waals surface area contributed by atoms with Gasteiger partial charge < -0.3 is 25.0 Å². The zero-order valence-corrected chi connectivity index (χ0v) is 19.1. The maximum atomic E-state index is 6.29. The molecule has 2 aliphatic carbocycles. The van der Waals surface area contributed by atoms with Crippen molar-refractivity contribution < 1.29 is 9.47 Å². The van der Waals surface area contributed by atoms with Crippen LogP contribution < -0.4 is 20.3 Å². The Kier molecular flexibility index (Phi) is 6.74. The molecule has 1 aromatic heterocycles. The fourth-order valence-corrected chi connectivity index (χ4v) is 4.75. The number of aromatic nitrogens is 2. The van der Waals surface area contributed by atoms with Gasteiger partial charge >= 0.3 is 0 Å². The molecule has 3 aliphatic rings. The maximum Gasteiger partial charge on any atom is 0.230 e. The smallest absolute Gasteiger partial charge is 0.230 e. The summed E-state index contributed by atoms with van der Waals surface area (Å²) in [5.41, 5.74) is 3.38. The monoisotopic (exact) mass is 437 g/mol. The first kappa shape index (κ1) is 21.5. The van der Waals surface area contributed by atoms with Crippen LogP contribution in [0.15, 0.2) is 30.5 Å². The topological polar surface area (TPSA) is 71.5 Å². The van der Waals surface area contributed by atoms with Crippen LogP contribution >= 0.6 is 0 Å². The van der Waals surface area contributed by atoms with Gasteiger partial charge in [0.05, 0.1) is 19.8 Å². The number of nitrogens with zero attached hydrogens (tertiary/aromatic N) is 3. The van der Waals surface area contributed by atoms with Gasteiger partial charge in [0.25, 0.3) is 0 Å². The fraction of sp³-hybridized carbons (Fsp3) is 0.600. The van der Waals surface area contributed by atoms with E-state index in [1.165, 1.54) is 49.8 Å². The van der Waals surface area contributed by atoms with Gasteiger partial charge in [0.15, 0.2) is 0 Å². The van der Waals surface area contributed by atoms with Crippen LogP contribution in [-0.4, -0.2) is 56.0 Å². The van der Waals surface area contributed by atoms with Gasteiger partial charge in [0.1, 0.15) is 0 Å². The van der Waals surface area contributed by atoms with Crippen LogP contribution in [-0.2, 0) is 4.74 Å². The minimum atomic E-state index is 0.562. The number of ether oxygens (including phenoxy) is 2. The van der Waals surface area contributed by atoms with Crippen LogP contribution in [0, 0.1) is 5.92 Å². The molecule has 1 saturated heterocycles. The molecule has 2 heterocycles. The van der Waals surface area contributed by atoms with Crippen molar-refractivity contribution in [3.63, 3.8) is 0 Å². The van der Waals surface area contributed by atoms with E-state index in [2.05, 4.69) is 51.8 Å². The van der Waals surface area contributed by atoms with Crippen molar-refractivity contribution in [3.8, 4) is 5.88 Å². The van der Waals surface area contributed by atoms with E-state index in [1.807, 2.05) is 6.20 Å². The van der Waals surface area contributed by atoms with E-state index in [-0.39, 0.29) is 0 Å². The second-order valence-corrected chi connectivity index (χ2v) is 9.32. The molecular weight excluding hydrogens is 402 g/mol. The summed E-state index contributed by atoms with van der Waals surface area (Å²) in [5, 5.41) is 6.76. The van der Waals surface area contributed by atoms with Gasteiger partial charge in [-0.1, -0.05) is 0 Å². The second-order valence-electron chi connectivity index (χ2n) is 9.32. The summed E-state index contributed by atoms with van der Waals surface area (Å²) in [5.74, 6) is 2.55. The normalized spacial score (nSPS) is 23.7. The summed E-state index contributed by atoms with van der Waals surface area (Å²) < 4.78 is 11.7. The molecule has 32 heavy (non-hydrogen) atoms. The predicted octanol–water partition coefficient (Wildman–Crippen LogP) is 4.09. The van der Waals surface area contributed by atoms with Crippen LogP contribution in [0.2, 0.25) is 0 Å². The van der Waals surface area contributed by atoms with Gasteiger partial charge in [-0.05, 0) is 81.7 Å². The summed E-state index contributed by atoms with van der Waals surface area (Å²) in [6, 6.07) is 9.13. The van der Waals surface area contributed by atoms with Crippen molar-refractivity contribution >= 4 is 17.3 Å². The molecule has 0 amide bonds. The zero-order valence-electron chi connectivity index (χ0n) is 19.1. The van der Waals surface area contributed by atoms with Gasteiger partial charge in [-0.2, -0.15) is 4.98 Å². The average molecular weight is 438 g/mol. The first-order valence-corrected chi connectivity index (χ1v) is 12.2. The van der Waals surface area contributed by atoms with Crippen molar-refractivity contribution in [2.75, 3.05) is 50.2 Å². The summed E-state index contributed by atoms with van der Waals surface area (Å²) >= 11 is 0. The Bertz CT molecular complexity index is 872. The molecule has 1 aromatic carbocycles. The maximum absolute atomic E-state index is 6.29. The fourth-order valence-electron chi connectivity index (χ4n) is 4.75. The highest BCUT2D eigenvalue weighted by molar-refractivity contribution is 5.59. The molecule has 2 N–H and O–H groups in total. The second kappa shape index (κ2) is 10.0. The average Bonchev–Trinajstić information content (AvgIpc) is 3.70. The van der Waals surface area contributed by atoms with E-state index in [4.69, 9.17) is 14.5 Å². The highest BCUT2D eigenvalue weighted by Gasteiger charge is 2.29. The van der Waals surface area contributed by atoms with Crippen LogP contribution in [0.1, 0.15) is 50.0 Å². The molecule has 0 bridgehead atoms. The van der Waals surface area contributed by atoms with E-state index in [1.54, 1.807) is 0 Å². The molecular formula is C25H35N5O2. The van der Waals surface area contributed by atoms with E-state index < -0.39 is 0 Å². The molecule has 3 fully saturated rings. The lowest BCUT2D eigenvalue weighted by Gasteiger charge is -2.29. The Morgan fingerprint density at radius 1 is 1.03 bits per heavy atom. The summed E-state index contributed by atoms with van der Waals surface area (Å²) in [4.78, 5) is 11.7. The molecule has 172 valence electrons. The molecule has 0 unspecified atom stereocenters. The van der Waals surface area contributed by atoms with Gasteiger partial charge in [0, 0.05) is 42.3 Å². The zero-order chi connectivity index (χ0) is 21.8. The van der Waals surface area contributed by atoms with Crippen LogP contribution in [0.5, 0.6) is 5.88 Å². The quantitative estimate of drug-likeness (QED) is 0.644. The number of hydrogen-bond donors (Lipinski definition) is 2. The van der Waals surface area contributed by atoms with Crippen molar-refractivity contribution in [1.29, 1.82) is 0 Å². The molecule has 7 heteroatoms. The van der Waals surface area contributed by atoms with E-state index in [0.29, 0.717) is 23.8 Å². The van der Waals surface area contributed by atoms with Gasteiger partial charge in [-0.25, -0.2) is 4.98 Å². The van der Waals surface area contributed by atoms with Crippen molar-refractivity contribution in [1.82, 2.24) is 15.3 Å². The largest absolute Gasteiger partial charge is 0.477 e. The summed E-state index contributed by atoms with van der Waals surface area (Å²) in [6.07, 6.45) is 9.29. The number of anilines is 3. The summed E-state index contributed by atoms with van der Waals surface area (Å²) in [6.45, 7) is 4.22. The molecule has 0 radical (unpaired) electrons. The molecule has 0 spiro atoms. The van der Waals surface area contributed by atoms with Gasteiger partial charge in [-0.15, -0.1) is 0 Å². The number of benzene rings is 1. The number of nitrogens with one attached hydrogen (secondary N) is 2. The van der Waals surface area contributed by atoms with Crippen molar-refractivity contribution in [2.24, 2.45) is 5.92 Å². The lowest BCUT2D eigenvalue weighted by Crippen LogP contribution is -2.36. The van der Waals surface area contributed by atoms with Gasteiger partial charge in [-0.3, -0.25) is 0 Å². The minimum absolute atomic E-state index is 0.562. The van der Waals surface area contributed by atoms with E-state index in [0.717, 1.165) is 44.5 Å². The standard InChI is InChI=1S/C25H35N5O2/c1-26-20-6-2-18(3-7-20)17-32-24-23(19-4-5-19)16-27-25(29-24)28-21-8-10-22(11-9-21)30-12-14-31-15-13-30/h8-11,16,18-20,26H,2-7,12-15,17H2,1H3,(H,27,28,29)/t18-,20-. The lowest BCUT2D eigenvalue weighted by atomic mass is 9.87. The van der Waals surface area contributed by atoms with Crippen LogP contribution in [0.25, 0.3) is 0 Å². The highest BCUT2D eigenvalue weighted by Crippen LogP contribution is 2.44. The van der Waals surface area contributed by atoms with Gasteiger partial charge in [0.2, 0.25) is 11.8 Å². The molecule has 7 nitrogen and oxygen atoms in total. The Hall–Kier alpha value is -2.38. The molecule has 1 aliphatic heterocycles.